The fourth-order valence-electron chi connectivity index (χ4n) is 6.99. The van der Waals surface area contributed by atoms with E-state index in [0.29, 0.717) is 0 Å². The Bertz CT molecular complexity index is 2540. The van der Waals surface area contributed by atoms with Gasteiger partial charge in [-0.1, -0.05) is 121 Å². The molecule has 9 aromatic rings. The van der Waals surface area contributed by atoms with Crippen molar-refractivity contribution in [1.82, 2.24) is 0 Å². The monoisotopic (exact) mass is 670 g/mol. The number of benzene rings is 8. The second-order valence-electron chi connectivity index (χ2n) is 12.6. The second-order valence-corrected chi connectivity index (χ2v) is 13.7. The van der Waals surface area contributed by atoms with Crippen molar-refractivity contribution in [3.63, 3.8) is 0 Å². The zero-order chi connectivity index (χ0) is 34.0. The minimum Gasteiger partial charge on any atom is -0.310 e. The highest BCUT2D eigenvalue weighted by molar-refractivity contribution is 7.25. The van der Waals surface area contributed by atoms with Gasteiger partial charge in [0.05, 0.1) is 0 Å². The highest BCUT2D eigenvalue weighted by Crippen LogP contribution is 2.43. The molecule has 0 amide bonds. The Kier molecular flexibility index (Phi) is 8.09. The van der Waals surface area contributed by atoms with Crippen molar-refractivity contribution < 1.29 is 0 Å². The molecule has 0 atom stereocenters. The van der Waals surface area contributed by atoms with Gasteiger partial charge in [0.25, 0.3) is 0 Å². The zero-order valence-electron chi connectivity index (χ0n) is 27.9. The van der Waals surface area contributed by atoms with Gasteiger partial charge in [-0.25, -0.2) is 0 Å². The summed E-state index contributed by atoms with van der Waals surface area (Å²) >= 11 is 1.86. The zero-order valence-corrected chi connectivity index (χ0v) is 28.7. The molecule has 8 aromatic carbocycles. The molecule has 2 nitrogen and oxygen atoms in total. The Morgan fingerprint density at radius 3 is 1.25 bits per heavy atom. The summed E-state index contributed by atoms with van der Waals surface area (Å²) < 4.78 is 2.56. The van der Waals surface area contributed by atoms with E-state index in [1.54, 1.807) is 0 Å². The van der Waals surface area contributed by atoms with Gasteiger partial charge in [-0.3, -0.25) is 0 Å². The standard InChI is InChI=1S/C48H34N2S/c1-5-15-35(16-6-1)36-17-13-26-43(31-36)50(41-23-11-4-12-24-41)44-28-29-45-46-33-38(27-30-47(46)51-48(45)34-44)37-18-14-25-42(32-37)49(39-19-7-2-8-20-39)40-21-9-3-10-22-40/h1-34H. The predicted molar refractivity (Wildman–Crippen MR) is 220 cm³/mol. The first-order valence-electron chi connectivity index (χ1n) is 17.3. The number of para-hydroxylation sites is 3. The summed E-state index contributed by atoms with van der Waals surface area (Å²) in [4.78, 5) is 4.68. The van der Waals surface area contributed by atoms with Crippen LogP contribution < -0.4 is 9.80 Å². The van der Waals surface area contributed by atoms with E-state index in [2.05, 4.69) is 216 Å². The molecular weight excluding hydrogens is 637 g/mol. The minimum absolute atomic E-state index is 1.13. The topological polar surface area (TPSA) is 6.48 Å². The number of anilines is 6. The van der Waals surface area contributed by atoms with Crippen LogP contribution in [0.25, 0.3) is 42.4 Å². The van der Waals surface area contributed by atoms with E-state index in [9.17, 15) is 0 Å². The maximum atomic E-state index is 2.36. The second kappa shape index (κ2) is 13.5. The van der Waals surface area contributed by atoms with Crippen molar-refractivity contribution >= 4 is 65.6 Å². The van der Waals surface area contributed by atoms with Gasteiger partial charge in [0.2, 0.25) is 0 Å². The molecule has 51 heavy (non-hydrogen) atoms. The molecule has 0 N–H and O–H groups in total. The van der Waals surface area contributed by atoms with Crippen molar-refractivity contribution in [3.8, 4) is 22.3 Å². The van der Waals surface area contributed by atoms with Crippen LogP contribution in [0.4, 0.5) is 34.1 Å². The van der Waals surface area contributed by atoms with Crippen molar-refractivity contribution in [2.45, 2.75) is 0 Å². The summed E-state index contributed by atoms with van der Waals surface area (Å²) in [6.07, 6.45) is 0. The number of hydrogen-bond acceptors (Lipinski definition) is 3. The van der Waals surface area contributed by atoms with Gasteiger partial charge in [-0.2, -0.15) is 0 Å². The molecule has 0 saturated carbocycles. The maximum Gasteiger partial charge on any atom is 0.0476 e. The van der Waals surface area contributed by atoms with E-state index in [1.807, 2.05) is 11.3 Å². The first-order valence-corrected chi connectivity index (χ1v) is 18.1. The molecule has 3 heteroatoms. The molecule has 0 aliphatic rings. The molecule has 1 heterocycles. The maximum absolute atomic E-state index is 2.36. The van der Waals surface area contributed by atoms with Crippen LogP contribution in [0.5, 0.6) is 0 Å². The van der Waals surface area contributed by atoms with E-state index in [0.717, 1.165) is 34.1 Å². The first-order chi connectivity index (χ1) is 25.3. The van der Waals surface area contributed by atoms with Gasteiger partial charge in [0.15, 0.2) is 0 Å². The quantitative estimate of drug-likeness (QED) is 0.159. The van der Waals surface area contributed by atoms with Gasteiger partial charge in [0, 0.05) is 54.3 Å². The normalized spacial score (nSPS) is 11.1. The highest BCUT2D eigenvalue weighted by atomic mass is 32.1. The van der Waals surface area contributed by atoms with Crippen molar-refractivity contribution in [3.05, 3.63) is 206 Å². The molecule has 0 aliphatic carbocycles. The van der Waals surface area contributed by atoms with Crippen LogP contribution in [-0.2, 0) is 0 Å². The largest absolute Gasteiger partial charge is 0.310 e. The van der Waals surface area contributed by atoms with Gasteiger partial charge >= 0.3 is 0 Å². The van der Waals surface area contributed by atoms with Crippen LogP contribution in [0.2, 0.25) is 0 Å². The number of thiophene rings is 1. The number of fused-ring (bicyclic) bond motifs is 3. The molecule has 0 unspecified atom stereocenters. The minimum atomic E-state index is 1.13. The molecule has 242 valence electrons. The third kappa shape index (κ3) is 6.05. The third-order valence-corrected chi connectivity index (χ3v) is 10.5. The molecule has 0 fully saturated rings. The Morgan fingerprint density at radius 1 is 0.255 bits per heavy atom. The number of hydrogen-bond donors (Lipinski definition) is 0. The molecule has 0 bridgehead atoms. The lowest BCUT2D eigenvalue weighted by Gasteiger charge is -2.26. The number of rotatable bonds is 8. The third-order valence-electron chi connectivity index (χ3n) is 9.41. The lowest BCUT2D eigenvalue weighted by molar-refractivity contribution is 1.28. The molecule has 0 aliphatic heterocycles. The fraction of sp³-hybridized carbons (Fsp3) is 0. The molecular formula is C48H34N2S. The van der Waals surface area contributed by atoms with Gasteiger partial charge < -0.3 is 9.80 Å². The van der Waals surface area contributed by atoms with Gasteiger partial charge in [0.1, 0.15) is 0 Å². The highest BCUT2D eigenvalue weighted by Gasteiger charge is 2.17. The predicted octanol–water partition coefficient (Wildman–Crippen LogP) is 14.3. The molecule has 0 radical (unpaired) electrons. The van der Waals surface area contributed by atoms with E-state index < -0.39 is 0 Å². The van der Waals surface area contributed by atoms with E-state index in [4.69, 9.17) is 0 Å². The summed E-state index contributed by atoms with van der Waals surface area (Å²) in [7, 11) is 0. The molecule has 0 saturated heterocycles. The van der Waals surface area contributed by atoms with Crippen LogP contribution >= 0.6 is 11.3 Å². The van der Waals surface area contributed by atoms with Crippen LogP contribution in [0.15, 0.2) is 206 Å². The Morgan fingerprint density at radius 2 is 0.686 bits per heavy atom. The van der Waals surface area contributed by atoms with Gasteiger partial charge in [-0.15, -0.1) is 11.3 Å². The molecule has 0 spiro atoms. The lowest BCUT2D eigenvalue weighted by Crippen LogP contribution is -2.09. The fourth-order valence-corrected chi connectivity index (χ4v) is 8.11. The van der Waals surface area contributed by atoms with Crippen molar-refractivity contribution in [2.75, 3.05) is 9.80 Å². The Balaban J connectivity index is 1.11. The summed E-state index contributed by atoms with van der Waals surface area (Å²) in [5.41, 5.74) is 11.6. The first kappa shape index (κ1) is 30.6. The van der Waals surface area contributed by atoms with E-state index in [-0.39, 0.29) is 0 Å². The summed E-state index contributed by atoms with van der Waals surface area (Å²) in [5, 5.41) is 2.56. The van der Waals surface area contributed by atoms with Crippen LogP contribution in [-0.4, -0.2) is 0 Å². The van der Waals surface area contributed by atoms with Gasteiger partial charge in [-0.05, 0) is 107 Å². The Hall–Kier alpha value is -6.42. The number of nitrogens with zero attached hydrogens (tertiary/aromatic N) is 2. The van der Waals surface area contributed by atoms with Crippen LogP contribution in [0, 0.1) is 0 Å². The average molecular weight is 671 g/mol. The van der Waals surface area contributed by atoms with E-state index >= 15 is 0 Å². The Labute approximate surface area is 302 Å². The van der Waals surface area contributed by atoms with Crippen LogP contribution in [0.1, 0.15) is 0 Å². The smallest absolute Gasteiger partial charge is 0.0476 e. The molecule has 1 aromatic heterocycles. The molecule has 9 rings (SSSR count). The van der Waals surface area contributed by atoms with Crippen molar-refractivity contribution in [2.24, 2.45) is 0 Å². The summed E-state index contributed by atoms with van der Waals surface area (Å²) in [5.74, 6) is 0. The summed E-state index contributed by atoms with van der Waals surface area (Å²) in [6, 6.07) is 73.9. The lowest BCUT2D eigenvalue weighted by atomic mass is 10.0. The average Bonchev–Trinajstić information content (AvgIpc) is 3.57. The SMILES string of the molecule is c1ccc(-c2cccc(N(c3ccccc3)c3ccc4c(c3)sc3ccc(-c5cccc(N(c6ccccc6)c6ccccc6)c5)cc34)c2)cc1. The summed E-state index contributed by atoms with van der Waals surface area (Å²) in [6.45, 7) is 0. The van der Waals surface area contributed by atoms with Crippen LogP contribution in [0.3, 0.4) is 0 Å². The van der Waals surface area contributed by atoms with E-state index in [1.165, 1.54) is 42.4 Å². The van der Waals surface area contributed by atoms with Crippen molar-refractivity contribution in [1.29, 1.82) is 0 Å².